The number of fused-ring (bicyclic) bond motifs is 1. The van der Waals surface area contributed by atoms with Crippen LogP contribution in [0.4, 0.5) is 5.69 Å². The van der Waals surface area contributed by atoms with Crippen molar-refractivity contribution in [1.29, 1.82) is 0 Å². The second-order valence-electron chi connectivity index (χ2n) is 2.85. The van der Waals surface area contributed by atoms with E-state index in [2.05, 4.69) is 0 Å². The maximum Gasteiger partial charge on any atom is 0.270 e. The summed E-state index contributed by atoms with van der Waals surface area (Å²) in [7, 11) is 0. The minimum absolute atomic E-state index is 0.00777. The first kappa shape index (κ1) is 8.71. The number of nitrogens with zero attached hydrogens (tertiary/aromatic N) is 1. The Bertz CT molecular complexity index is 413. The zero-order valence-corrected chi connectivity index (χ0v) is 7.08. The number of hydrogen-bond acceptors (Lipinski definition) is 4. The summed E-state index contributed by atoms with van der Waals surface area (Å²) in [5, 5.41) is 19.5. The molecule has 1 aliphatic heterocycles. The first-order valence-corrected chi connectivity index (χ1v) is 3.98. The fourth-order valence-electron chi connectivity index (χ4n) is 1.24. The van der Waals surface area contributed by atoms with Crippen LogP contribution in [-0.2, 0) is 0 Å². The van der Waals surface area contributed by atoms with Gasteiger partial charge in [-0.3, -0.25) is 10.1 Å². The molecule has 0 aromatic heterocycles. The third kappa shape index (κ3) is 1.45. The summed E-state index contributed by atoms with van der Waals surface area (Å²) < 4.78 is 5.01. The van der Waals surface area contributed by atoms with Crippen LogP contribution in [0.25, 0.3) is 6.08 Å². The number of nitro benzene ring substituents is 1. The Kier molecular flexibility index (Phi) is 1.94. The molecule has 1 N–H and O–H groups in total. The Morgan fingerprint density at radius 2 is 2.29 bits per heavy atom. The van der Waals surface area contributed by atoms with E-state index in [4.69, 9.17) is 9.84 Å². The van der Waals surface area contributed by atoms with Crippen LogP contribution in [0, 0.1) is 10.1 Å². The van der Waals surface area contributed by atoms with Crippen molar-refractivity contribution < 1.29 is 14.8 Å². The van der Waals surface area contributed by atoms with Gasteiger partial charge in [0, 0.05) is 17.7 Å². The predicted molar refractivity (Wildman–Crippen MR) is 48.8 cm³/mol. The van der Waals surface area contributed by atoms with Crippen LogP contribution in [0.5, 0.6) is 5.75 Å². The van der Waals surface area contributed by atoms with Gasteiger partial charge in [-0.1, -0.05) is 0 Å². The van der Waals surface area contributed by atoms with E-state index in [1.165, 1.54) is 24.3 Å². The Morgan fingerprint density at radius 1 is 1.50 bits per heavy atom. The highest BCUT2D eigenvalue weighted by atomic mass is 16.6. The number of non-ortho nitro benzene ring substituents is 1. The smallest absolute Gasteiger partial charge is 0.270 e. The molecule has 14 heavy (non-hydrogen) atoms. The molecule has 2 rings (SSSR count). The number of nitro groups is 1. The Hall–Kier alpha value is -1.88. The molecule has 0 aliphatic carbocycles. The van der Waals surface area contributed by atoms with Gasteiger partial charge in [-0.25, -0.2) is 0 Å². The van der Waals surface area contributed by atoms with E-state index in [9.17, 15) is 10.1 Å². The van der Waals surface area contributed by atoms with Crippen molar-refractivity contribution >= 4 is 11.8 Å². The largest absolute Gasteiger partial charge is 0.461 e. The van der Waals surface area contributed by atoms with E-state index in [1.54, 1.807) is 6.08 Å². The molecule has 0 radical (unpaired) electrons. The molecule has 5 nitrogen and oxygen atoms in total. The average Bonchev–Trinajstić information content (AvgIpc) is 2.16. The van der Waals surface area contributed by atoms with Crippen molar-refractivity contribution in [1.82, 2.24) is 0 Å². The van der Waals surface area contributed by atoms with E-state index in [0.29, 0.717) is 11.3 Å². The van der Waals surface area contributed by atoms with Gasteiger partial charge in [0.05, 0.1) is 4.92 Å². The summed E-state index contributed by atoms with van der Waals surface area (Å²) in [5.41, 5.74) is 0.609. The number of aliphatic hydroxyl groups is 1. The SMILES string of the molecule is O=[N+]([O-])c1ccc2c(c1)C=CC(O)O2. The van der Waals surface area contributed by atoms with E-state index in [-0.39, 0.29) is 5.69 Å². The number of hydrogen-bond donors (Lipinski definition) is 1. The second kappa shape index (κ2) is 3.12. The van der Waals surface area contributed by atoms with Crippen LogP contribution in [0.1, 0.15) is 5.56 Å². The summed E-state index contributed by atoms with van der Waals surface area (Å²) >= 11 is 0. The normalized spacial score (nSPS) is 18.5. The van der Waals surface area contributed by atoms with Crippen LogP contribution < -0.4 is 4.74 Å². The Balaban J connectivity index is 2.44. The molecule has 0 saturated heterocycles. The average molecular weight is 193 g/mol. The van der Waals surface area contributed by atoms with Gasteiger partial charge in [0.15, 0.2) is 0 Å². The molecule has 1 unspecified atom stereocenters. The highest BCUT2D eigenvalue weighted by Crippen LogP contribution is 2.28. The zero-order valence-electron chi connectivity index (χ0n) is 7.08. The fourth-order valence-corrected chi connectivity index (χ4v) is 1.24. The third-order valence-corrected chi connectivity index (χ3v) is 1.89. The molecule has 72 valence electrons. The Morgan fingerprint density at radius 3 is 3.00 bits per heavy atom. The van der Waals surface area contributed by atoms with Gasteiger partial charge >= 0.3 is 0 Å². The molecule has 0 amide bonds. The number of rotatable bonds is 1. The fraction of sp³-hybridized carbons (Fsp3) is 0.111. The lowest BCUT2D eigenvalue weighted by Gasteiger charge is -2.16. The highest BCUT2D eigenvalue weighted by Gasteiger charge is 2.15. The molecule has 0 saturated carbocycles. The Labute approximate surface area is 79.4 Å². The molecule has 1 heterocycles. The first-order chi connectivity index (χ1) is 6.66. The maximum absolute atomic E-state index is 10.4. The van der Waals surface area contributed by atoms with E-state index in [1.807, 2.05) is 0 Å². The maximum atomic E-state index is 10.4. The molecule has 1 aromatic rings. The second-order valence-corrected chi connectivity index (χ2v) is 2.85. The molecule has 0 spiro atoms. The lowest BCUT2D eigenvalue weighted by Crippen LogP contribution is -2.15. The molecular formula is C9H7NO4. The van der Waals surface area contributed by atoms with Crippen LogP contribution in [0.2, 0.25) is 0 Å². The topological polar surface area (TPSA) is 72.6 Å². The molecule has 5 heteroatoms. The van der Waals surface area contributed by atoms with Gasteiger partial charge in [0.25, 0.3) is 5.69 Å². The highest BCUT2D eigenvalue weighted by molar-refractivity contribution is 5.62. The number of aliphatic hydroxyl groups excluding tert-OH is 1. The van der Waals surface area contributed by atoms with Crippen LogP contribution in [-0.4, -0.2) is 16.3 Å². The van der Waals surface area contributed by atoms with Gasteiger partial charge in [0.1, 0.15) is 5.75 Å². The van der Waals surface area contributed by atoms with Crippen molar-refractivity contribution in [2.24, 2.45) is 0 Å². The van der Waals surface area contributed by atoms with Gasteiger partial charge in [-0.15, -0.1) is 0 Å². The van der Waals surface area contributed by atoms with Crippen LogP contribution in [0.15, 0.2) is 24.3 Å². The van der Waals surface area contributed by atoms with Crippen molar-refractivity contribution in [2.45, 2.75) is 6.29 Å². The van der Waals surface area contributed by atoms with Gasteiger partial charge in [0.2, 0.25) is 6.29 Å². The molecule has 1 aliphatic rings. The molecular weight excluding hydrogens is 186 g/mol. The van der Waals surface area contributed by atoms with Crippen molar-refractivity contribution in [2.75, 3.05) is 0 Å². The predicted octanol–water partition coefficient (Wildman–Crippen LogP) is 1.32. The van der Waals surface area contributed by atoms with Gasteiger partial charge in [-0.2, -0.15) is 0 Å². The van der Waals surface area contributed by atoms with E-state index >= 15 is 0 Å². The summed E-state index contributed by atoms with van der Waals surface area (Å²) in [6.45, 7) is 0. The van der Waals surface area contributed by atoms with Gasteiger partial charge < -0.3 is 9.84 Å². The van der Waals surface area contributed by atoms with E-state index in [0.717, 1.165) is 0 Å². The minimum atomic E-state index is -0.969. The number of benzene rings is 1. The lowest BCUT2D eigenvalue weighted by atomic mass is 10.1. The molecule has 1 atom stereocenters. The summed E-state index contributed by atoms with van der Waals surface area (Å²) in [6, 6.07) is 4.21. The third-order valence-electron chi connectivity index (χ3n) is 1.89. The minimum Gasteiger partial charge on any atom is -0.461 e. The lowest BCUT2D eigenvalue weighted by molar-refractivity contribution is -0.384. The van der Waals surface area contributed by atoms with Crippen molar-refractivity contribution in [3.05, 3.63) is 40.0 Å². The zero-order chi connectivity index (χ0) is 10.1. The summed E-state index contributed by atoms with van der Waals surface area (Å²) in [5.74, 6) is 0.450. The molecule has 0 fully saturated rings. The van der Waals surface area contributed by atoms with E-state index < -0.39 is 11.2 Å². The first-order valence-electron chi connectivity index (χ1n) is 3.98. The number of ether oxygens (including phenoxy) is 1. The quantitative estimate of drug-likeness (QED) is 0.539. The molecule has 0 bridgehead atoms. The van der Waals surface area contributed by atoms with Crippen LogP contribution >= 0.6 is 0 Å². The standard InChI is InChI=1S/C9H7NO4/c11-9-4-1-6-5-7(10(12)13)2-3-8(6)14-9/h1-5,9,11H. The van der Waals surface area contributed by atoms with Crippen molar-refractivity contribution in [3.63, 3.8) is 0 Å². The van der Waals surface area contributed by atoms with Gasteiger partial charge in [-0.05, 0) is 18.2 Å². The monoisotopic (exact) mass is 193 g/mol. The van der Waals surface area contributed by atoms with Crippen LogP contribution in [0.3, 0.4) is 0 Å². The molecule has 1 aromatic carbocycles. The summed E-state index contributed by atoms with van der Waals surface area (Å²) in [6.07, 6.45) is 2.05. The summed E-state index contributed by atoms with van der Waals surface area (Å²) in [4.78, 5) is 9.97. The van der Waals surface area contributed by atoms with Crippen molar-refractivity contribution in [3.8, 4) is 5.75 Å².